The molecule has 0 aliphatic carbocycles. The van der Waals surface area contributed by atoms with Gasteiger partial charge in [-0.15, -0.1) is 11.3 Å². The van der Waals surface area contributed by atoms with Crippen LogP contribution in [0.5, 0.6) is 0 Å². The summed E-state index contributed by atoms with van der Waals surface area (Å²) in [5.74, 6) is -0.149. The van der Waals surface area contributed by atoms with Gasteiger partial charge in [0, 0.05) is 10.4 Å². The molecule has 7 nitrogen and oxygen atoms in total. The van der Waals surface area contributed by atoms with Gasteiger partial charge in [0.2, 0.25) is 11.7 Å². The van der Waals surface area contributed by atoms with Crippen LogP contribution in [0.2, 0.25) is 0 Å². The molecule has 29 heavy (non-hydrogen) atoms. The smallest absolute Gasteiger partial charge is 0.341 e. The van der Waals surface area contributed by atoms with E-state index in [1.54, 1.807) is 6.92 Å². The van der Waals surface area contributed by atoms with Crippen molar-refractivity contribution in [2.45, 2.75) is 32.9 Å². The van der Waals surface area contributed by atoms with Crippen molar-refractivity contribution in [2.24, 2.45) is 0 Å². The molecule has 1 N–H and O–H groups in total. The van der Waals surface area contributed by atoms with Crippen molar-refractivity contribution in [3.05, 3.63) is 45.8 Å². The molecule has 1 amide bonds. The highest BCUT2D eigenvalue weighted by Gasteiger charge is 2.22. The lowest BCUT2D eigenvalue weighted by atomic mass is 10.1. The third-order valence-electron chi connectivity index (χ3n) is 4.16. The second-order valence-corrected chi connectivity index (χ2v) is 8.45. The zero-order chi connectivity index (χ0) is 21.0. The first-order chi connectivity index (χ1) is 13.9. The molecule has 0 saturated carbocycles. The predicted molar refractivity (Wildman–Crippen MR) is 114 cm³/mol. The highest BCUT2D eigenvalue weighted by atomic mass is 32.2. The van der Waals surface area contributed by atoms with Gasteiger partial charge >= 0.3 is 5.97 Å². The number of esters is 1. The molecule has 0 aliphatic rings. The van der Waals surface area contributed by atoms with Gasteiger partial charge in [-0.1, -0.05) is 46.7 Å². The number of aromatic nitrogens is 2. The van der Waals surface area contributed by atoms with Gasteiger partial charge in [-0.2, -0.15) is 4.98 Å². The van der Waals surface area contributed by atoms with Crippen LogP contribution >= 0.6 is 23.1 Å². The van der Waals surface area contributed by atoms with Gasteiger partial charge in [-0.3, -0.25) is 4.79 Å². The summed E-state index contributed by atoms with van der Waals surface area (Å²) >= 11 is 2.49. The minimum atomic E-state index is -0.433. The molecule has 2 heterocycles. The molecule has 0 atom stereocenters. The molecule has 3 aromatic rings. The Kier molecular flexibility index (Phi) is 6.71. The van der Waals surface area contributed by atoms with Crippen LogP contribution in [-0.2, 0) is 9.53 Å². The van der Waals surface area contributed by atoms with Crippen LogP contribution in [-0.4, -0.2) is 34.4 Å². The first kappa shape index (κ1) is 21.1. The van der Waals surface area contributed by atoms with Crippen LogP contribution in [0.25, 0.3) is 11.4 Å². The molecule has 0 bridgehead atoms. The third kappa shape index (κ3) is 5.04. The molecule has 0 unspecified atom stereocenters. The highest BCUT2D eigenvalue weighted by Crippen LogP contribution is 2.33. The standard InChI is InChI=1S/C20H21N3O4S2/c1-5-26-19(25)16-12(3)13(4)29-18(16)21-15(24)10-28-20-22-17(23-27-20)14-8-6-11(2)7-9-14/h6-9H,5,10H2,1-4H3,(H,21,24). The van der Waals surface area contributed by atoms with E-state index in [1.807, 2.05) is 45.0 Å². The summed E-state index contributed by atoms with van der Waals surface area (Å²) in [7, 11) is 0. The summed E-state index contributed by atoms with van der Waals surface area (Å²) in [5, 5.41) is 7.55. The van der Waals surface area contributed by atoms with Gasteiger partial charge in [-0.25, -0.2) is 4.79 Å². The quantitative estimate of drug-likeness (QED) is 0.430. The minimum absolute atomic E-state index is 0.0772. The van der Waals surface area contributed by atoms with Crippen LogP contribution in [0.15, 0.2) is 34.0 Å². The van der Waals surface area contributed by atoms with Crippen LogP contribution in [0, 0.1) is 20.8 Å². The Labute approximate surface area is 176 Å². The van der Waals surface area contributed by atoms with Crippen LogP contribution < -0.4 is 5.32 Å². The lowest BCUT2D eigenvalue weighted by molar-refractivity contribution is -0.113. The Balaban J connectivity index is 1.63. The first-order valence-electron chi connectivity index (χ1n) is 8.99. The molecule has 0 radical (unpaired) electrons. The number of benzene rings is 1. The number of amides is 1. The summed E-state index contributed by atoms with van der Waals surface area (Å²) in [4.78, 5) is 29.9. The number of aryl methyl sites for hydroxylation is 2. The average molecular weight is 432 g/mol. The average Bonchev–Trinajstić information content (AvgIpc) is 3.26. The predicted octanol–water partition coefficient (Wildman–Crippen LogP) is 4.63. The number of rotatable bonds is 7. The van der Waals surface area contributed by atoms with E-state index in [0.29, 0.717) is 21.6 Å². The van der Waals surface area contributed by atoms with Crippen molar-refractivity contribution in [1.82, 2.24) is 10.1 Å². The van der Waals surface area contributed by atoms with Gasteiger partial charge < -0.3 is 14.6 Å². The molecule has 0 spiro atoms. The van der Waals surface area contributed by atoms with Gasteiger partial charge in [-0.05, 0) is 33.3 Å². The van der Waals surface area contributed by atoms with Crippen molar-refractivity contribution < 1.29 is 18.8 Å². The molecular weight excluding hydrogens is 410 g/mol. The molecule has 1 aromatic carbocycles. The summed E-state index contributed by atoms with van der Waals surface area (Å²) < 4.78 is 10.3. The van der Waals surface area contributed by atoms with Gasteiger partial charge in [0.25, 0.3) is 5.22 Å². The molecule has 0 saturated heterocycles. The number of thioether (sulfide) groups is 1. The van der Waals surface area contributed by atoms with Crippen molar-refractivity contribution in [3.8, 4) is 11.4 Å². The SMILES string of the molecule is CCOC(=O)c1c(NC(=O)CSc2nc(-c3ccc(C)cc3)no2)sc(C)c1C. The molecular formula is C20H21N3O4S2. The number of hydrogen-bond donors (Lipinski definition) is 1. The van der Waals surface area contributed by atoms with Gasteiger partial charge in [0.1, 0.15) is 5.00 Å². The molecule has 9 heteroatoms. The molecule has 3 rings (SSSR count). The summed E-state index contributed by atoms with van der Waals surface area (Å²) in [6, 6.07) is 7.77. The molecule has 2 aromatic heterocycles. The number of thiophene rings is 1. The molecule has 0 aliphatic heterocycles. The number of hydrogen-bond acceptors (Lipinski definition) is 8. The van der Waals surface area contributed by atoms with E-state index in [9.17, 15) is 9.59 Å². The zero-order valence-electron chi connectivity index (χ0n) is 16.6. The number of anilines is 1. The lowest BCUT2D eigenvalue weighted by Crippen LogP contribution is -2.16. The van der Waals surface area contributed by atoms with Crippen LogP contribution in [0.1, 0.15) is 33.3 Å². The Morgan fingerprint density at radius 1 is 1.21 bits per heavy atom. The van der Waals surface area contributed by atoms with Crippen molar-refractivity contribution in [2.75, 3.05) is 17.7 Å². The number of carbonyl (C=O) groups is 2. The minimum Gasteiger partial charge on any atom is -0.462 e. The first-order valence-corrected chi connectivity index (χ1v) is 10.8. The Morgan fingerprint density at radius 2 is 1.93 bits per heavy atom. The fraction of sp³-hybridized carbons (Fsp3) is 0.300. The van der Waals surface area contributed by atoms with Crippen molar-refractivity contribution in [1.29, 1.82) is 0 Å². The fourth-order valence-electron chi connectivity index (χ4n) is 2.54. The van der Waals surface area contributed by atoms with Crippen molar-refractivity contribution >= 4 is 40.0 Å². The van der Waals surface area contributed by atoms with E-state index in [1.165, 1.54) is 11.3 Å². The van der Waals surface area contributed by atoms with E-state index >= 15 is 0 Å². The third-order valence-corrected chi connectivity index (χ3v) is 6.10. The summed E-state index contributed by atoms with van der Waals surface area (Å²) in [6.07, 6.45) is 0. The molecule has 152 valence electrons. The maximum Gasteiger partial charge on any atom is 0.341 e. The number of nitrogens with one attached hydrogen (secondary N) is 1. The van der Waals surface area contributed by atoms with Gasteiger partial charge in [0.15, 0.2) is 0 Å². The second-order valence-electron chi connectivity index (χ2n) is 6.29. The van der Waals surface area contributed by atoms with Crippen LogP contribution in [0.4, 0.5) is 5.00 Å². The second kappa shape index (κ2) is 9.23. The lowest BCUT2D eigenvalue weighted by Gasteiger charge is -2.06. The topological polar surface area (TPSA) is 94.3 Å². The number of nitrogens with zero attached hydrogens (tertiary/aromatic N) is 2. The number of carbonyl (C=O) groups excluding carboxylic acids is 2. The van der Waals surface area contributed by atoms with Crippen LogP contribution in [0.3, 0.4) is 0 Å². The normalized spacial score (nSPS) is 10.8. The fourth-order valence-corrected chi connectivity index (χ4v) is 4.17. The summed E-state index contributed by atoms with van der Waals surface area (Å²) in [5.41, 5.74) is 3.22. The van der Waals surface area contributed by atoms with Gasteiger partial charge in [0.05, 0.1) is 17.9 Å². The Morgan fingerprint density at radius 3 is 2.62 bits per heavy atom. The largest absolute Gasteiger partial charge is 0.462 e. The monoisotopic (exact) mass is 431 g/mol. The van der Waals surface area contributed by atoms with E-state index in [4.69, 9.17) is 9.26 Å². The van der Waals surface area contributed by atoms with E-state index in [-0.39, 0.29) is 18.3 Å². The zero-order valence-corrected chi connectivity index (χ0v) is 18.2. The highest BCUT2D eigenvalue weighted by molar-refractivity contribution is 7.99. The van der Waals surface area contributed by atoms with E-state index in [2.05, 4.69) is 15.5 Å². The van der Waals surface area contributed by atoms with E-state index < -0.39 is 5.97 Å². The Bertz CT molecular complexity index is 1030. The number of ether oxygens (including phenoxy) is 1. The molecule has 0 fully saturated rings. The van der Waals surface area contributed by atoms with E-state index in [0.717, 1.165) is 33.3 Å². The Hall–Kier alpha value is -2.65. The maximum atomic E-state index is 12.4. The maximum absolute atomic E-state index is 12.4. The summed E-state index contributed by atoms with van der Waals surface area (Å²) in [6.45, 7) is 7.77. The van der Waals surface area contributed by atoms with Crippen molar-refractivity contribution in [3.63, 3.8) is 0 Å².